The highest BCUT2D eigenvalue weighted by Crippen LogP contribution is 2.14. The van der Waals surface area contributed by atoms with Crippen molar-refractivity contribution in [3.63, 3.8) is 0 Å². The van der Waals surface area contributed by atoms with E-state index in [1.165, 1.54) is 0 Å². The summed E-state index contributed by atoms with van der Waals surface area (Å²) in [4.78, 5) is 19.8. The van der Waals surface area contributed by atoms with E-state index in [1.54, 1.807) is 24.7 Å². The summed E-state index contributed by atoms with van der Waals surface area (Å²) in [6, 6.07) is 5.54. The van der Waals surface area contributed by atoms with E-state index >= 15 is 0 Å². The maximum absolute atomic E-state index is 4.29. The molecule has 0 saturated heterocycles. The topological polar surface area (TPSA) is 67.3 Å². The van der Waals surface area contributed by atoms with Gasteiger partial charge >= 0.3 is 0 Å². The lowest BCUT2D eigenvalue weighted by Crippen LogP contribution is -1.87. The third-order valence-corrected chi connectivity index (χ3v) is 2.04. The van der Waals surface area contributed by atoms with Crippen LogP contribution in [0.1, 0.15) is 0 Å². The van der Waals surface area contributed by atoms with Crippen molar-refractivity contribution in [2.24, 2.45) is 0 Å². The Balaban J connectivity index is 2.21. The first-order valence-electron chi connectivity index (χ1n) is 4.51. The van der Waals surface area contributed by atoms with Gasteiger partial charge in [-0.25, -0.2) is 19.9 Å². The maximum atomic E-state index is 4.29. The Hall–Kier alpha value is -2.30. The molecule has 0 saturated carbocycles. The highest BCUT2D eigenvalue weighted by atomic mass is 15.0. The Morgan fingerprint density at radius 1 is 0.933 bits per heavy atom. The smallest absolute Gasteiger partial charge is 0.195 e. The van der Waals surface area contributed by atoms with E-state index in [-0.39, 0.29) is 0 Å². The van der Waals surface area contributed by atoms with Crippen molar-refractivity contribution in [1.82, 2.24) is 24.9 Å². The number of rotatable bonds is 1. The number of fused-ring (bicyclic) bond motifs is 1. The molecule has 0 aliphatic heterocycles. The lowest BCUT2D eigenvalue weighted by Gasteiger charge is -1.90. The van der Waals surface area contributed by atoms with Gasteiger partial charge in [-0.1, -0.05) is 0 Å². The van der Waals surface area contributed by atoms with Gasteiger partial charge in [0.05, 0.1) is 5.52 Å². The molecule has 1 N–H and O–H groups in total. The minimum absolute atomic E-state index is 0.579. The molecule has 3 aromatic heterocycles. The van der Waals surface area contributed by atoms with Gasteiger partial charge in [0.2, 0.25) is 0 Å². The monoisotopic (exact) mass is 197 g/mol. The third kappa shape index (κ3) is 1.34. The predicted octanol–water partition coefficient (Wildman–Crippen LogP) is 1.41. The lowest BCUT2D eigenvalue weighted by molar-refractivity contribution is 1.12. The van der Waals surface area contributed by atoms with Crippen LogP contribution in [0.4, 0.5) is 0 Å². The van der Waals surface area contributed by atoms with Gasteiger partial charge < -0.3 is 4.98 Å². The molecular formula is C10H7N5. The average Bonchev–Trinajstić information content (AvgIpc) is 2.74. The number of hydrogen-bond acceptors (Lipinski definition) is 4. The Morgan fingerprint density at radius 3 is 2.53 bits per heavy atom. The van der Waals surface area contributed by atoms with E-state index in [4.69, 9.17) is 0 Å². The van der Waals surface area contributed by atoms with Crippen molar-refractivity contribution in [3.05, 3.63) is 36.8 Å². The van der Waals surface area contributed by atoms with E-state index in [0.29, 0.717) is 17.3 Å². The molecule has 3 rings (SSSR count). The minimum atomic E-state index is 0.579. The Kier molecular flexibility index (Phi) is 1.68. The quantitative estimate of drug-likeness (QED) is 0.640. The van der Waals surface area contributed by atoms with Gasteiger partial charge in [-0.15, -0.1) is 0 Å². The zero-order chi connectivity index (χ0) is 10.1. The van der Waals surface area contributed by atoms with Crippen molar-refractivity contribution >= 4 is 11.2 Å². The number of aromatic nitrogens is 5. The van der Waals surface area contributed by atoms with Crippen LogP contribution >= 0.6 is 0 Å². The fourth-order valence-corrected chi connectivity index (χ4v) is 1.37. The molecule has 3 heterocycles. The molecule has 0 unspecified atom stereocenters. The predicted molar refractivity (Wildman–Crippen MR) is 54.9 cm³/mol. The summed E-state index contributed by atoms with van der Waals surface area (Å²) >= 11 is 0. The largest absolute Gasteiger partial charge is 0.334 e. The molecule has 5 nitrogen and oxygen atoms in total. The lowest BCUT2D eigenvalue weighted by atomic mass is 10.4. The SMILES string of the molecule is c1cnc(-c2nc3ncccc3[nH]2)nc1. The zero-order valence-electron chi connectivity index (χ0n) is 7.75. The minimum Gasteiger partial charge on any atom is -0.334 e. The second-order valence-corrected chi connectivity index (χ2v) is 3.03. The molecular weight excluding hydrogens is 190 g/mol. The van der Waals surface area contributed by atoms with Crippen molar-refractivity contribution in [1.29, 1.82) is 0 Å². The number of hydrogen-bond donors (Lipinski definition) is 1. The van der Waals surface area contributed by atoms with E-state index in [9.17, 15) is 0 Å². The summed E-state index contributed by atoms with van der Waals surface area (Å²) < 4.78 is 0. The zero-order valence-corrected chi connectivity index (χ0v) is 7.75. The van der Waals surface area contributed by atoms with Crippen molar-refractivity contribution < 1.29 is 0 Å². The van der Waals surface area contributed by atoms with Crippen LogP contribution in [0.5, 0.6) is 0 Å². The molecule has 0 fully saturated rings. The van der Waals surface area contributed by atoms with E-state index in [1.807, 2.05) is 12.1 Å². The van der Waals surface area contributed by atoms with Crippen LogP contribution in [-0.2, 0) is 0 Å². The molecule has 0 amide bonds. The van der Waals surface area contributed by atoms with E-state index in [0.717, 1.165) is 5.52 Å². The molecule has 0 bridgehead atoms. The number of imidazole rings is 1. The van der Waals surface area contributed by atoms with Gasteiger partial charge in [0, 0.05) is 18.6 Å². The van der Waals surface area contributed by atoms with Gasteiger partial charge in [-0.3, -0.25) is 0 Å². The molecule has 0 spiro atoms. The molecule has 0 atom stereocenters. The van der Waals surface area contributed by atoms with E-state index in [2.05, 4.69) is 24.9 Å². The molecule has 5 heteroatoms. The van der Waals surface area contributed by atoms with Crippen LogP contribution in [0.2, 0.25) is 0 Å². The van der Waals surface area contributed by atoms with Crippen LogP contribution in [-0.4, -0.2) is 24.9 Å². The van der Waals surface area contributed by atoms with E-state index < -0.39 is 0 Å². The van der Waals surface area contributed by atoms with Gasteiger partial charge in [-0.05, 0) is 18.2 Å². The van der Waals surface area contributed by atoms with Crippen LogP contribution in [0, 0.1) is 0 Å². The number of aromatic amines is 1. The van der Waals surface area contributed by atoms with Gasteiger partial charge in [0.1, 0.15) is 0 Å². The summed E-state index contributed by atoms with van der Waals surface area (Å²) in [5, 5.41) is 0. The Morgan fingerprint density at radius 2 is 1.73 bits per heavy atom. The number of nitrogens with one attached hydrogen (secondary N) is 1. The number of nitrogens with zero attached hydrogens (tertiary/aromatic N) is 4. The van der Waals surface area contributed by atoms with Crippen LogP contribution in [0.25, 0.3) is 22.8 Å². The van der Waals surface area contributed by atoms with Crippen LogP contribution in [0.3, 0.4) is 0 Å². The Labute approximate surface area is 85.3 Å². The molecule has 0 aromatic carbocycles. The molecule has 3 aromatic rings. The first-order valence-corrected chi connectivity index (χ1v) is 4.51. The van der Waals surface area contributed by atoms with Crippen LogP contribution < -0.4 is 0 Å². The van der Waals surface area contributed by atoms with Crippen molar-refractivity contribution in [3.8, 4) is 11.6 Å². The first-order chi connectivity index (χ1) is 7.43. The normalized spacial score (nSPS) is 10.7. The standard InChI is InChI=1S/C10H7N5/c1-3-7-8(11-4-1)15-10(14-7)9-12-5-2-6-13-9/h1-6H,(H,11,14,15). The summed E-state index contributed by atoms with van der Waals surface area (Å²) in [7, 11) is 0. The fourth-order valence-electron chi connectivity index (χ4n) is 1.37. The summed E-state index contributed by atoms with van der Waals surface area (Å²) in [6.07, 6.45) is 5.07. The first kappa shape index (κ1) is 8.05. The maximum Gasteiger partial charge on any atom is 0.195 e. The molecule has 0 aliphatic carbocycles. The number of H-pyrrole nitrogens is 1. The highest BCUT2D eigenvalue weighted by molar-refractivity contribution is 5.73. The molecule has 72 valence electrons. The second kappa shape index (κ2) is 3.13. The highest BCUT2D eigenvalue weighted by Gasteiger charge is 2.06. The van der Waals surface area contributed by atoms with Gasteiger partial charge in [0.25, 0.3) is 0 Å². The van der Waals surface area contributed by atoms with Gasteiger partial charge in [0.15, 0.2) is 17.3 Å². The van der Waals surface area contributed by atoms with Gasteiger partial charge in [-0.2, -0.15) is 0 Å². The summed E-state index contributed by atoms with van der Waals surface area (Å²) in [5.74, 6) is 1.22. The molecule has 0 radical (unpaired) electrons. The van der Waals surface area contributed by atoms with Crippen LogP contribution in [0.15, 0.2) is 36.8 Å². The molecule has 0 aliphatic rings. The third-order valence-electron chi connectivity index (χ3n) is 2.04. The Bertz CT molecular complexity index is 554. The average molecular weight is 197 g/mol. The summed E-state index contributed by atoms with van der Waals surface area (Å²) in [5.41, 5.74) is 1.57. The van der Waals surface area contributed by atoms with Crippen molar-refractivity contribution in [2.45, 2.75) is 0 Å². The van der Waals surface area contributed by atoms with Crippen molar-refractivity contribution in [2.75, 3.05) is 0 Å². The summed E-state index contributed by atoms with van der Waals surface area (Å²) in [6.45, 7) is 0. The second-order valence-electron chi connectivity index (χ2n) is 3.03. The number of pyridine rings is 1. The molecule has 15 heavy (non-hydrogen) atoms. The fraction of sp³-hybridized carbons (Fsp3) is 0.